The van der Waals surface area contributed by atoms with Crippen molar-refractivity contribution in [2.45, 2.75) is 27.7 Å². The molecule has 16 heteroatoms. The van der Waals surface area contributed by atoms with Gasteiger partial charge in [-0.25, -0.2) is 30.7 Å². The molecule has 0 amide bonds. The second-order valence-electron chi connectivity index (χ2n) is 15.7. The molecule has 0 spiro atoms. The summed E-state index contributed by atoms with van der Waals surface area (Å²) in [5.74, 6) is -13.1. The Hall–Kier alpha value is -5.62. The third-order valence-electron chi connectivity index (χ3n) is 11.2. The molecule has 0 aliphatic carbocycles. The van der Waals surface area contributed by atoms with Gasteiger partial charge >= 0.3 is 0 Å². The molecule has 364 valence electrons. The first-order chi connectivity index (χ1) is 34.5. The summed E-state index contributed by atoms with van der Waals surface area (Å²) >= 11 is 0.478. The quantitative estimate of drug-likeness (QED) is 0.0264. The first-order valence-corrected chi connectivity index (χ1v) is 28.3. The van der Waals surface area contributed by atoms with Crippen molar-refractivity contribution in [1.29, 1.82) is 0 Å². The summed E-state index contributed by atoms with van der Waals surface area (Å²) in [6.45, 7) is -0.301. The van der Waals surface area contributed by atoms with Gasteiger partial charge in [-0.05, 0) is 121 Å². The van der Waals surface area contributed by atoms with Gasteiger partial charge in [0, 0.05) is 45.6 Å². The molecule has 0 radical (unpaired) electrons. The molecule has 0 atom stereocenters. The zero-order chi connectivity index (χ0) is 50.0. The van der Waals surface area contributed by atoms with Crippen LogP contribution in [-0.2, 0) is 11.5 Å². The van der Waals surface area contributed by atoms with Crippen LogP contribution in [0.2, 0.25) is 0 Å². The van der Waals surface area contributed by atoms with E-state index in [1.807, 2.05) is 78.9 Å². The van der Waals surface area contributed by atoms with Gasteiger partial charge in [0.15, 0.2) is 46.5 Å². The van der Waals surface area contributed by atoms with Crippen LogP contribution in [0.4, 0.5) is 64.9 Å². The highest BCUT2D eigenvalue weighted by molar-refractivity contribution is 8.76. The first kappa shape index (κ1) is 51.7. The Morgan fingerprint density at radius 2 is 0.887 bits per heavy atom. The van der Waals surface area contributed by atoms with Gasteiger partial charge in [0.05, 0.1) is 27.5 Å². The molecule has 0 saturated heterocycles. The van der Waals surface area contributed by atoms with Crippen LogP contribution in [0.1, 0.15) is 17.5 Å². The molecule has 0 unspecified atom stereocenters. The number of rotatable bonds is 20. The van der Waals surface area contributed by atoms with Crippen molar-refractivity contribution in [1.82, 2.24) is 0 Å². The van der Waals surface area contributed by atoms with Crippen LogP contribution in [0.5, 0.6) is 5.75 Å². The number of anilines is 6. The van der Waals surface area contributed by atoms with E-state index in [1.165, 1.54) is 11.8 Å². The smallest absolute Gasteiger partial charge is 0.182 e. The van der Waals surface area contributed by atoms with E-state index >= 15 is 26.3 Å². The molecule has 0 heterocycles. The molecule has 0 aromatic heterocycles. The van der Waals surface area contributed by atoms with Crippen LogP contribution in [0.3, 0.4) is 0 Å². The van der Waals surface area contributed by atoms with Crippen molar-refractivity contribution in [3.05, 3.63) is 210 Å². The minimum absolute atomic E-state index is 0.0522. The molecule has 0 saturated carbocycles. The maximum Gasteiger partial charge on any atom is 0.182 e. The lowest BCUT2D eigenvalue weighted by molar-refractivity contribution is 0.290. The fourth-order valence-electron chi connectivity index (χ4n) is 7.83. The van der Waals surface area contributed by atoms with Gasteiger partial charge in [-0.1, -0.05) is 128 Å². The highest BCUT2D eigenvalue weighted by Gasteiger charge is 2.35. The zero-order valence-corrected chi connectivity index (χ0v) is 42.2. The monoisotopic (exact) mass is 1060 g/mol. The maximum absolute atomic E-state index is 15.8. The average molecular weight is 1060 g/mol. The predicted octanol–water partition coefficient (Wildman–Crippen LogP) is 17.8. The van der Waals surface area contributed by atoms with E-state index in [2.05, 4.69) is 88.9 Å². The van der Waals surface area contributed by atoms with Crippen molar-refractivity contribution in [2.24, 2.45) is 5.73 Å². The number of thioether (sulfide) groups is 1. The van der Waals surface area contributed by atoms with E-state index in [0.717, 1.165) is 61.8 Å². The van der Waals surface area contributed by atoms with Crippen molar-refractivity contribution < 1.29 is 35.5 Å². The number of ether oxygens (including phenoxy) is 1. The van der Waals surface area contributed by atoms with E-state index in [-0.39, 0.29) is 25.3 Å². The number of para-hydroxylation sites is 2. The number of nitrogens with two attached hydrogens (primary N) is 1. The van der Waals surface area contributed by atoms with Crippen molar-refractivity contribution in [3.8, 4) is 28.0 Å². The molecule has 0 bridgehead atoms. The van der Waals surface area contributed by atoms with Crippen LogP contribution in [0.15, 0.2) is 168 Å². The number of hydrogen-bond acceptors (Lipinski definition) is 9. The fourth-order valence-corrected chi connectivity index (χ4v) is 11.8. The van der Waals surface area contributed by atoms with Gasteiger partial charge in [-0.3, -0.25) is 0 Å². The van der Waals surface area contributed by atoms with Crippen molar-refractivity contribution in [2.75, 3.05) is 35.5 Å². The number of halogens is 7. The largest absolute Gasteiger partial charge is 0.490 e. The normalized spacial score (nSPS) is 11.2. The lowest BCUT2D eigenvalue weighted by Crippen LogP contribution is -2.12. The Balaban J connectivity index is 1.03. The van der Waals surface area contributed by atoms with Crippen LogP contribution in [0.25, 0.3) is 22.3 Å². The van der Waals surface area contributed by atoms with Crippen LogP contribution < -0.4 is 20.3 Å². The van der Waals surface area contributed by atoms with Crippen molar-refractivity contribution in [3.63, 3.8) is 0 Å². The predicted molar refractivity (Wildman–Crippen MR) is 286 cm³/mol. The third kappa shape index (κ3) is 11.5. The molecular formula is C55H44F7N3OS5. The number of nitrogens with zero attached hydrogens (tertiary/aromatic N) is 2. The second kappa shape index (κ2) is 24.2. The van der Waals surface area contributed by atoms with Crippen LogP contribution in [0, 0.1) is 40.7 Å². The summed E-state index contributed by atoms with van der Waals surface area (Å²) in [6.07, 6.45) is 3.43. The SMILES string of the molecule is CSSCc1cccc(N(c2ccccc2)c2ccc(-c3ccc(N(c4ccccc4)c4cccc(CSSc5c(F)c(F)c(-c6c(F)c(F)c(SC)c(F)c6OCCCN)c(F)c5F)c4)cc3)cc2)c1. The van der Waals surface area contributed by atoms with E-state index in [0.29, 0.717) is 28.1 Å². The number of benzene rings is 8. The van der Waals surface area contributed by atoms with E-state index in [4.69, 9.17) is 10.5 Å². The fraction of sp³-hybridized carbons (Fsp3) is 0.127. The van der Waals surface area contributed by atoms with Gasteiger partial charge in [-0.15, -0.1) is 11.8 Å². The maximum atomic E-state index is 15.8. The molecule has 8 aromatic rings. The summed E-state index contributed by atoms with van der Waals surface area (Å²) in [4.78, 5) is 2.43. The van der Waals surface area contributed by atoms with Crippen molar-refractivity contribution >= 4 is 89.1 Å². The molecule has 0 aliphatic rings. The summed E-state index contributed by atoms with van der Waals surface area (Å²) in [5.41, 5.74) is 12.0. The topological polar surface area (TPSA) is 41.7 Å². The lowest BCUT2D eigenvalue weighted by Gasteiger charge is -2.26. The number of hydrogen-bond donors (Lipinski definition) is 1. The Kier molecular flexibility index (Phi) is 17.6. The molecule has 8 rings (SSSR count). The average Bonchev–Trinajstić information content (AvgIpc) is 3.40. The molecule has 8 aromatic carbocycles. The van der Waals surface area contributed by atoms with Crippen LogP contribution >= 0.6 is 54.9 Å². The Morgan fingerprint density at radius 1 is 0.451 bits per heavy atom. The molecule has 2 N–H and O–H groups in total. The molecule has 0 aliphatic heterocycles. The van der Waals surface area contributed by atoms with Gasteiger partial charge in [0.25, 0.3) is 0 Å². The van der Waals surface area contributed by atoms with Crippen LogP contribution in [-0.4, -0.2) is 25.7 Å². The van der Waals surface area contributed by atoms with E-state index in [1.54, 1.807) is 27.7 Å². The zero-order valence-electron chi connectivity index (χ0n) is 38.1. The minimum atomic E-state index is -2.04. The van der Waals surface area contributed by atoms with E-state index in [9.17, 15) is 4.39 Å². The highest BCUT2D eigenvalue weighted by Crippen LogP contribution is 2.48. The standard InChI is InChI=1S/C55H44F7N3OS5/c1-67-54-49(59)48(58)45(53(52(54)62)66-29-11-28-63)44-46(56)50(60)55(51(61)47(44)57)71-70-33-35-13-10-19-43(31-35)65(39-16-7-4-8-17-39)41-26-22-37(23-27-41)36-20-24-40(25-21-36)64(38-14-5-3-6-15-38)42-18-9-12-34(30-42)32-69-68-2/h3-10,12-27,30-31H,11,28-29,32-33,63H2,1-2H3. The minimum Gasteiger partial charge on any atom is -0.490 e. The third-order valence-corrected chi connectivity index (χ3v) is 16.0. The molecule has 71 heavy (non-hydrogen) atoms. The summed E-state index contributed by atoms with van der Waals surface area (Å²) < 4.78 is 114. The molecule has 4 nitrogen and oxygen atoms in total. The molecular weight excluding hydrogens is 1010 g/mol. The Morgan fingerprint density at radius 3 is 1.35 bits per heavy atom. The Labute approximate surface area is 428 Å². The second-order valence-corrected chi connectivity index (χ2v) is 21.4. The first-order valence-electron chi connectivity index (χ1n) is 22.0. The molecule has 0 fully saturated rings. The van der Waals surface area contributed by atoms with Gasteiger partial charge in [0.1, 0.15) is 0 Å². The summed E-state index contributed by atoms with van der Waals surface area (Å²) in [6, 6.07) is 52.7. The van der Waals surface area contributed by atoms with E-state index < -0.39 is 67.4 Å². The lowest BCUT2D eigenvalue weighted by atomic mass is 10.0. The van der Waals surface area contributed by atoms with Gasteiger partial charge < -0.3 is 20.3 Å². The highest BCUT2D eigenvalue weighted by atomic mass is 33.1. The van der Waals surface area contributed by atoms with Gasteiger partial charge in [-0.2, -0.15) is 0 Å². The van der Waals surface area contributed by atoms with Gasteiger partial charge in [0.2, 0.25) is 0 Å². The summed E-state index contributed by atoms with van der Waals surface area (Å²) in [5, 5.41) is 0. The summed E-state index contributed by atoms with van der Waals surface area (Å²) in [7, 11) is 4.88. The Bertz CT molecular complexity index is 3070.